The van der Waals surface area contributed by atoms with Gasteiger partial charge in [0.25, 0.3) is 0 Å². The number of aryl methyl sites for hydroxylation is 2. The molecule has 0 atom stereocenters. The molecule has 2 nitrogen and oxygen atoms in total. The van der Waals surface area contributed by atoms with Gasteiger partial charge >= 0.3 is 0 Å². The minimum Gasteiger partial charge on any atom is -0.248 e. The summed E-state index contributed by atoms with van der Waals surface area (Å²) in [5, 5.41) is 0. The Labute approximate surface area is 110 Å². The first kappa shape index (κ1) is 10.5. The van der Waals surface area contributed by atoms with Crippen LogP contribution in [-0.4, -0.2) is 9.97 Å². The zero-order chi connectivity index (χ0) is 10.3. The molecule has 0 unspecified atom stereocenters. The molecular formula is C10H8I2N2. The summed E-state index contributed by atoms with van der Waals surface area (Å²) in [7, 11) is 0. The molecule has 0 saturated carbocycles. The van der Waals surface area contributed by atoms with Crippen molar-refractivity contribution in [2.24, 2.45) is 0 Å². The number of rotatable bonds is 0. The number of nitrogens with zero attached hydrogens (tertiary/aromatic N) is 2. The van der Waals surface area contributed by atoms with Crippen molar-refractivity contribution in [3.8, 4) is 0 Å². The molecule has 0 saturated heterocycles. The monoisotopic (exact) mass is 410 g/mol. The van der Waals surface area contributed by atoms with Crippen molar-refractivity contribution in [1.82, 2.24) is 9.97 Å². The van der Waals surface area contributed by atoms with E-state index >= 15 is 0 Å². The van der Waals surface area contributed by atoms with Gasteiger partial charge in [0, 0.05) is 7.14 Å². The Morgan fingerprint density at radius 3 is 1.57 bits per heavy atom. The van der Waals surface area contributed by atoms with Crippen LogP contribution in [0.4, 0.5) is 0 Å². The summed E-state index contributed by atoms with van der Waals surface area (Å²) in [6, 6.07) is 4.16. The highest BCUT2D eigenvalue weighted by Crippen LogP contribution is 2.23. The molecule has 0 spiro atoms. The lowest BCUT2D eigenvalue weighted by atomic mass is 10.2. The number of hydrogen-bond acceptors (Lipinski definition) is 2. The van der Waals surface area contributed by atoms with Gasteiger partial charge in [0.05, 0.1) is 11.4 Å². The number of fused-ring (bicyclic) bond motifs is 1. The topological polar surface area (TPSA) is 25.8 Å². The predicted molar refractivity (Wildman–Crippen MR) is 74.4 cm³/mol. The highest BCUT2D eigenvalue weighted by molar-refractivity contribution is 14.1. The summed E-state index contributed by atoms with van der Waals surface area (Å²) in [6.45, 7) is 4.00. The summed E-state index contributed by atoms with van der Waals surface area (Å²) in [5.74, 6) is 0. The zero-order valence-electron chi connectivity index (χ0n) is 7.81. The molecule has 0 aliphatic carbocycles. The van der Waals surface area contributed by atoms with Gasteiger partial charge in [-0.15, -0.1) is 0 Å². The number of halogens is 2. The van der Waals surface area contributed by atoms with Gasteiger partial charge in [0.15, 0.2) is 0 Å². The van der Waals surface area contributed by atoms with E-state index in [9.17, 15) is 0 Å². The van der Waals surface area contributed by atoms with Gasteiger partial charge in [-0.1, -0.05) is 0 Å². The second-order valence-corrected chi connectivity index (χ2v) is 5.45. The third-order valence-corrected chi connectivity index (χ3v) is 3.88. The summed E-state index contributed by atoms with van der Waals surface area (Å²) in [4.78, 5) is 9.12. The first-order chi connectivity index (χ1) is 6.59. The molecule has 0 N–H and O–H groups in total. The van der Waals surface area contributed by atoms with E-state index in [2.05, 4.69) is 67.3 Å². The van der Waals surface area contributed by atoms with Crippen molar-refractivity contribution in [3.63, 3.8) is 0 Å². The van der Waals surface area contributed by atoms with Gasteiger partial charge in [0.2, 0.25) is 0 Å². The Morgan fingerprint density at radius 1 is 0.857 bits per heavy atom. The van der Waals surface area contributed by atoms with Gasteiger partial charge in [0.1, 0.15) is 11.0 Å². The average Bonchev–Trinajstić information content (AvgIpc) is 2.15. The minimum atomic E-state index is 1.01. The van der Waals surface area contributed by atoms with E-state index in [1.54, 1.807) is 0 Å². The second kappa shape index (κ2) is 3.88. The first-order valence-corrected chi connectivity index (χ1v) is 6.34. The van der Waals surface area contributed by atoms with Crippen LogP contribution in [-0.2, 0) is 0 Å². The highest BCUT2D eigenvalue weighted by Gasteiger charge is 2.07. The third kappa shape index (κ3) is 1.73. The molecule has 1 aromatic carbocycles. The Hall–Kier alpha value is 0.0200. The molecule has 2 rings (SSSR count). The van der Waals surface area contributed by atoms with Crippen molar-refractivity contribution in [3.05, 3.63) is 30.7 Å². The van der Waals surface area contributed by atoms with Crippen LogP contribution in [0.5, 0.6) is 0 Å². The predicted octanol–water partition coefficient (Wildman–Crippen LogP) is 3.46. The summed E-state index contributed by atoms with van der Waals surface area (Å²) >= 11 is 4.59. The lowest BCUT2D eigenvalue weighted by Gasteiger charge is -2.05. The van der Waals surface area contributed by atoms with E-state index < -0.39 is 0 Å². The molecule has 0 aliphatic heterocycles. The number of hydrogen-bond donors (Lipinski definition) is 0. The summed E-state index contributed by atoms with van der Waals surface area (Å²) in [5.41, 5.74) is 4.05. The standard InChI is InChI=1S/C10H8I2N2/c1-5-6(2)14-10-8(12)4-3-7(11)9(10)13-5/h3-4H,1-2H3. The minimum absolute atomic E-state index is 1.01. The van der Waals surface area contributed by atoms with Gasteiger partial charge in [-0.2, -0.15) is 0 Å². The fourth-order valence-corrected chi connectivity index (χ4v) is 2.35. The molecule has 0 fully saturated rings. The first-order valence-electron chi connectivity index (χ1n) is 4.18. The maximum Gasteiger partial charge on any atom is 0.103 e. The van der Waals surface area contributed by atoms with Crippen LogP contribution in [0.15, 0.2) is 12.1 Å². The van der Waals surface area contributed by atoms with E-state index in [1.165, 1.54) is 0 Å². The van der Waals surface area contributed by atoms with Crippen LogP contribution in [0.25, 0.3) is 11.0 Å². The molecule has 0 radical (unpaired) electrons. The smallest absolute Gasteiger partial charge is 0.103 e. The van der Waals surface area contributed by atoms with E-state index in [0.29, 0.717) is 0 Å². The average molecular weight is 410 g/mol. The fourth-order valence-electron chi connectivity index (χ4n) is 1.24. The van der Waals surface area contributed by atoms with Gasteiger partial charge < -0.3 is 0 Å². The van der Waals surface area contributed by atoms with Crippen LogP contribution < -0.4 is 0 Å². The van der Waals surface area contributed by atoms with Crippen LogP contribution in [0.1, 0.15) is 11.4 Å². The highest BCUT2D eigenvalue weighted by atomic mass is 127. The van der Waals surface area contributed by atoms with E-state index in [1.807, 2.05) is 13.8 Å². The van der Waals surface area contributed by atoms with E-state index in [0.717, 1.165) is 29.6 Å². The van der Waals surface area contributed by atoms with Crippen molar-refractivity contribution < 1.29 is 0 Å². The Morgan fingerprint density at radius 2 is 1.21 bits per heavy atom. The molecule has 14 heavy (non-hydrogen) atoms. The van der Waals surface area contributed by atoms with Gasteiger partial charge in [-0.25, -0.2) is 9.97 Å². The molecule has 4 heteroatoms. The quantitative estimate of drug-likeness (QED) is 0.623. The lowest BCUT2D eigenvalue weighted by Crippen LogP contribution is -1.96. The largest absolute Gasteiger partial charge is 0.248 e. The lowest BCUT2D eigenvalue weighted by molar-refractivity contribution is 1.10. The van der Waals surface area contributed by atoms with Crippen molar-refractivity contribution in [2.45, 2.75) is 13.8 Å². The molecule has 1 heterocycles. The van der Waals surface area contributed by atoms with Crippen LogP contribution in [0, 0.1) is 21.0 Å². The second-order valence-electron chi connectivity index (χ2n) is 3.12. The normalized spacial score (nSPS) is 10.9. The summed E-state index contributed by atoms with van der Waals surface area (Å²) in [6.07, 6.45) is 0. The molecule has 0 aliphatic rings. The van der Waals surface area contributed by atoms with Crippen LogP contribution in [0.2, 0.25) is 0 Å². The Balaban J connectivity index is 2.94. The maximum absolute atomic E-state index is 4.56. The Bertz CT molecular complexity index is 462. The van der Waals surface area contributed by atoms with Gasteiger partial charge in [-0.3, -0.25) is 0 Å². The maximum atomic E-state index is 4.56. The number of aromatic nitrogens is 2. The zero-order valence-corrected chi connectivity index (χ0v) is 12.1. The van der Waals surface area contributed by atoms with Gasteiger partial charge in [-0.05, 0) is 71.2 Å². The van der Waals surface area contributed by atoms with Crippen molar-refractivity contribution >= 4 is 56.2 Å². The summed E-state index contributed by atoms with van der Waals surface area (Å²) < 4.78 is 2.32. The van der Waals surface area contributed by atoms with E-state index in [-0.39, 0.29) is 0 Å². The SMILES string of the molecule is Cc1nc2c(I)ccc(I)c2nc1C. The molecular weight excluding hydrogens is 402 g/mol. The van der Waals surface area contributed by atoms with Crippen LogP contribution in [0.3, 0.4) is 0 Å². The molecule has 72 valence electrons. The Kier molecular flexibility index (Phi) is 2.92. The fraction of sp³-hybridized carbons (Fsp3) is 0.200. The van der Waals surface area contributed by atoms with Crippen LogP contribution >= 0.6 is 45.2 Å². The molecule has 1 aromatic heterocycles. The molecule has 2 aromatic rings. The van der Waals surface area contributed by atoms with E-state index in [4.69, 9.17) is 0 Å². The third-order valence-electron chi connectivity index (χ3n) is 2.14. The van der Waals surface area contributed by atoms with Crippen molar-refractivity contribution in [2.75, 3.05) is 0 Å². The van der Waals surface area contributed by atoms with Crippen molar-refractivity contribution in [1.29, 1.82) is 0 Å². The number of benzene rings is 1. The molecule has 0 amide bonds. The molecule has 0 bridgehead atoms.